The first-order valence-corrected chi connectivity index (χ1v) is 7.83. The van der Waals surface area contributed by atoms with E-state index in [1.165, 1.54) is 24.2 Å². The molecule has 0 atom stereocenters. The highest BCUT2D eigenvalue weighted by Gasteiger charge is 2.29. The fourth-order valence-corrected chi connectivity index (χ4v) is 3.75. The van der Waals surface area contributed by atoms with E-state index in [-0.39, 0.29) is 0 Å². The summed E-state index contributed by atoms with van der Waals surface area (Å²) >= 11 is 8.97. The second-order valence-electron chi connectivity index (χ2n) is 4.07. The molecular formula is C10H12ClN5S2. The first kappa shape index (κ1) is 12.4. The lowest BCUT2D eigenvalue weighted by Crippen LogP contribution is -2.07. The molecule has 96 valence electrons. The minimum Gasteiger partial charge on any atom is -0.324 e. The topological polar surface area (TPSA) is 69.6 Å². The summed E-state index contributed by atoms with van der Waals surface area (Å²) in [4.78, 5) is 5.17. The van der Waals surface area contributed by atoms with E-state index in [9.17, 15) is 0 Å². The Hall–Kier alpha value is -0.630. The molecular weight excluding hydrogens is 290 g/mol. The number of nitrogens with two attached hydrogens (primary N) is 1. The van der Waals surface area contributed by atoms with E-state index in [0.717, 1.165) is 21.6 Å². The smallest absolute Gasteiger partial charge is 0.191 e. The molecule has 0 unspecified atom stereocenters. The molecule has 0 saturated heterocycles. The van der Waals surface area contributed by atoms with Gasteiger partial charge < -0.3 is 10.3 Å². The molecule has 0 aliphatic heterocycles. The highest BCUT2D eigenvalue weighted by molar-refractivity contribution is 7.98. The molecule has 0 bridgehead atoms. The average Bonchev–Trinajstić information content (AvgIpc) is 2.99. The summed E-state index contributed by atoms with van der Waals surface area (Å²) in [6.45, 7) is 0.441. The van der Waals surface area contributed by atoms with Gasteiger partial charge in [0, 0.05) is 22.9 Å². The Bertz CT molecular complexity index is 548. The van der Waals surface area contributed by atoms with Crippen molar-refractivity contribution in [3.8, 4) is 0 Å². The van der Waals surface area contributed by atoms with Crippen molar-refractivity contribution in [3.63, 3.8) is 0 Å². The second-order valence-corrected chi connectivity index (χ2v) is 6.71. The van der Waals surface area contributed by atoms with E-state index in [0.29, 0.717) is 17.1 Å². The van der Waals surface area contributed by atoms with E-state index in [2.05, 4.69) is 19.7 Å². The molecule has 1 fully saturated rings. The van der Waals surface area contributed by atoms with Crippen molar-refractivity contribution >= 4 is 34.7 Å². The fourth-order valence-electron chi connectivity index (χ4n) is 1.73. The molecule has 1 aliphatic carbocycles. The van der Waals surface area contributed by atoms with E-state index in [1.54, 1.807) is 11.8 Å². The summed E-state index contributed by atoms with van der Waals surface area (Å²) in [5.74, 6) is 1.70. The van der Waals surface area contributed by atoms with Crippen molar-refractivity contribution in [2.45, 2.75) is 36.3 Å². The standard InChI is InChI=1S/C10H12ClN5S2/c11-9-13-4-7(18-9)5-17-10-15-14-8(3-12)16(10)6-1-2-6/h4,6H,1-3,5,12H2. The fraction of sp³-hybridized carbons (Fsp3) is 0.500. The van der Waals surface area contributed by atoms with Crippen LogP contribution in [0.4, 0.5) is 0 Å². The molecule has 0 aromatic carbocycles. The minimum atomic E-state index is 0.441. The summed E-state index contributed by atoms with van der Waals surface area (Å²) in [7, 11) is 0. The molecule has 2 heterocycles. The van der Waals surface area contributed by atoms with Crippen LogP contribution in [0.3, 0.4) is 0 Å². The van der Waals surface area contributed by atoms with Crippen LogP contribution in [0.25, 0.3) is 0 Å². The van der Waals surface area contributed by atoms with Gasteiger partial charge in [-0.3, -0.25) is 0 Å². The lowest BCUT2D eigenvalue weighted by atomic mass is 10.5. The zero-order chi connectivity index (χ0) is 12.5. The van der Waals surface area contributed by atoms with Gasteiger partial charge in [0.15, 0.2) is 9.62 Å². The molecule has 0 spiro atoms. The van der Waals surface area contributed by atoms with Crippen molar-refractivity contribution in [1.29, 1.82) is 0 Å². The molecule has 2 N–H and O–H groups in total. The number of hydrogen-bond donors (Lipinski definition) is 1. The van der Waals surface area contributed by atoms with Gasteiger partial charge in [-0.1, -0.05) is 23.4 Å². The van der Waals surface area contributed by atoms with Crippen LogP contribution < -0.4 is 5.73 Å². The number of aromatic nitrogens is 4. The van der Waals surface area contributed by atoms with Crippen molar-refractivity contribution in [2.75, 3.05) is 0 Å². The van der Waals surface area contributed by atoms with E-state index < -0.39 is 0 Å². The minimum absolute atomic E-state index is 0.441. The number of hydrogen-bond acceptors (Lipinski definition) is 6. The third kappa shape index (κ3) is 2.54. The Morgan fingerprint density at radius 2 is 2.33 bits per heavy atom. The Morgan fingerprint density at radius 3 is 2.94 bits per heavy atom. The normalized spacial score (nSPS) is 15.2. The van der Waals surface area contributed by atoms with Crippen molar-refractivity contribution in [2.24, 2.45) is 5.73 Å². The van der Waals surface area contributed by atoms with Gasteiger partial charge in [-0.15, -0.1) is 21.5 Å². The molecule has 8 heteroatoms. The summed E-state index contributed by atoms with van der Waals surface area (Å²) in [6, 6.07) is 0.547. The Kier molecular flexibility index (Phi) is 3.56. The molecule has 2 aromatic heterocycles. The van der Waals surface area contributed by atoms with Crippen molar-refractivity contribution in [3.05, 3.63) is 21.4 Å². The predicted molar refractivity (Wildman–Crippen MR) is 72.9 cm³/mol. The monoisotopic (exact) mass is 301 g/mol. The molecule has 0 amide bonds. The molecule has 3 rings (SSSR count). The second kappa shape index (κ2) is 5.16. The molecule has 0 radical (unpaired) electrons. The van der Waals surface area contributed by atoms with Crippen LogP contribution in [0.1, 0.15) is 29.6 Å². The largest absolute Gasteiger partial charge is 0.324 e. The molecule has 1 aliphatic rings. The van der Waals surface area contributed by atoms with E-state index >= 15 is 0 Å². The Balaban J connectivity index is 1.74. The summed E-state index contributed by atoms with van der Waals surface area (Å²) in [5.41, 5.74) is 5.68. The molecule has 2 aromatic rings. The Labute approximate surface area is 118 Å². The van der Waals surface area contributed by atoms with Crippen LogP contribution in [0, 0.1) is 0 Å². The third-order valence-electron chi connectivity index (χ3n) is 2.70. The third-order valence-corrected chi connectivity index (χ3v) is 4.99. The van der Waals surface area contributed by atoms with Crippen LogP contribution in [0.15, 0.2) is 11.4 Å². The molecule has 18 heavy (non-hydrogen) atoms. The number of nitrogens with zero attached hydrogens (tertiary/aromatic N) is 4. The van der Waals surface area contributed by atoms with Gasteiger partial charge in [0.25, 0.3) is 0 Å². The highest BCUT2D eigenvalue weighted by atomic mass is 35.5. The van der Waals surface area contributed by atoms with Crippen molar-refractivity contribution < 1.29 is 0 Å². The van der Waals surface area contributed by atoms with Gasteiger partial charge in [-0.25, -0.2) is 4.98 Å². The van der Waals surface area contributed by atoms with Gasteiger partial charge in [-0.2, -0.15) is 0 Å². The zero-order valence-electron chi connectivity index (χ0n) is 9.54. The molecule has 1 saturated carbocycles. The van der Waals surface area contributed by atoms with E-state index in [4.69, 9.17) is 17.3 Å². The lowest BCUT2D eigenvalue weighted by Gasteiger charge is -2.06. The van der Waals surface area contributed by atoms with Gasteiger partial charge >= 0.3 is 0 Å². The number of rotatable bonds is 5. The summed E-state index contributed by atoms with van der Waals surface area (Å²) < 4.78 is 2.75. The van der Waals surface area contributed by atoms with Gasteiger partial charge in [0.1, 0.15) is 5.82 Å². The maximum Gasteiger partial charge on any atom is 0.191 e. The van der Waals surface area contributed by atoms with Crippen LogP contribution >= 0.6 is 34.7 Å². The number of thiazole rings is 1. The maximum absolute atomic E-state index is 5.81. The number of thioether (sulfide) groups is 1. The van der Waals surface area contributed by atoms with Crippen LogP contribution in [-0.2, 0) is 12.3 Å². The van der Waals surface area contributed by atoms with E-state index in [1.807, 2.05) is 6.20 Å². The van der Waals surface area contributed by atoms with Crippen LogP contribution in [-0.4, -0.2) is 19.7 Å². The quantitative estimate of drug-likeness (QED) is 0.859. The molecule has 5 nitrogen and oxygen atoms in total. The van der Waals surface area contributed by atoms with Gasteiger partial charge in [0.05, 0.1) is 6.54 Å². The lowest BCUT2D eigenvalue weighted by molar-refractivity contribution is 0.626. The predicted octanol–water partition coefficient (Wildman–Crippen LogP) is 2.47. The first-order chi connectivity index (χ1) is 8.78. The van der Waals surface area contributed by atoms with Gasteiger partial charge in [0.2, 0.25) is 0 Å². The average molecular weight is 302 g/mol. The number of halogens is 1. The zero-order valence-corrected chi connectivity index (χ0v) is 11.9. The Morgan fingerprint density at radius 1 is 1.50 bits per heavy atom. The van der Waals surface area contributed by atoms with Crippen molar-refractivity contribution in [1.82, 2.24) is 19.7 Å². The first-order valence-electron chi connectivity index (χ1n) is 5.64. The van der Waals surface area contributed by atoms with Gasteiger partial charge in [-0.05, 0) is 12.8 Å². The SMILES string of the molecule is NCc1nnc(SCc2cnc(Cl)s2)n1C1CC1. The van der Waals surface area contributed by atoms with Crippen LogP contribution in [0.2, 0.25) is 4.47 Å². The summed E-state index contributed by atoms with van der Waals surface area (Å²) in [6.07, 6.45) is 4.21. The highest BCUT2D eigenvalue weighted by Crippen LogP contribution is 2.39. The van der Waals surface area contributed by atoms with Crippen LogP contribution in [0.5, 0.6) is 0 Å². The maximum atomic E-state index is 5.81. The summed E-state index contributed by atoms with van der Waals surface area (Å²) in [5, 5.41) is 9.31.